The molecule has 1 aliphatic rings. The lowest BCUT2D eigenvalue weighted by Crippen LogP contribution is -2.48. The van der Waals surface area contributed by atoms with E-state index in [0.717, 1.165) is 11.4 Å². The quantitative estimate of drug-likeness (QED) is 0.668. The van der Waals surface area contributed by atoms with Crippen LogP contribution in [0.5, 0.6) is 0 Å². The number of aromatic nitrogens is 2. The lowest BCUT2D eigenvalue weighted by molar-refractivity contribution is -0.123. The summed E-state index contributed by atoms with van der Waals surface area (Å²) in [5.41, 5.74) is 1.98. The maximum absolute atomic E-state index is 11.8. The average molecular weight is 233 g/mol. The second-order valence-corrected chi connectivity index (χ2v) is 4.24. The highest BCUT2D eigenvalue weighted by molar-refractivity contribution is 5.82. The number of hydrogen-bond acceptors (Lipinski definition) is 4. The van der Waals surface area contributed by atoms with E-state index in [-0.39, 0.29) is 17.9 Å². The van der Waals surface area contributed by atoms with Gasteiger partial charge in [0, 0.05) is 19.5 Å². The third kappa shape index (κ3) is 2.63. The minimum Gasteiger partial charge on any atom is -0.353 e. The van der Waals surface area contributed by atoms with Crippen LogP contribution in [0.1, 0.15) is 18.3 Å². The fourth-order valence-corrected chi connectivity index (χ4v) is 1.78. The second-order valence-electron chi connectivity index (χ2n) is 4.24. The largest absolute Gasteiger partial charge is 0.353 e. The highest BCUT2D eigenvalue weighted by atomic mass is 16.2. The van der Waals surface area contributed by atoms with Gasteiger partial charge in [-0.1, -0.05) is 0 Å². The molecule has 1 aromatic rings. The fraction of sp³-hybridized carbons (Fsp3) is 0.545. The van der Waals surface area contributed by atoms with E-state index in [0.29, 0.717) is 19.5 Å². The number of carbonyl (C=O) groups is 1. The van der Waals surface area contributed by atoms with E-state index >= 15 is 0 Å². The molecule has 0 spiro atoms. The number of nitrogens with one attached hydrogen (secondary N) is 3. The summed E-state index contributed by atoms with van der Waals surface area (Å²) in [5, 5.41) is 14.5. The third-order valence-electron chi connectivity index (χ3n) is 2.85. The van der Waals surface area contributed by atoms with Crippen molar-refractivity contribution in [1.29, 1.82) is 5.26 Å². The maximum atomic E-state index is 11.8. The first kappa shape index (κ1) is 11.6. The van der Waals surface area contributed by atoms with Gasteiger partial charge in [-0.3, -0.25) is 10.1 Å². The molecule has 0 saturated carbocycles. The van der Waals surface area contributed by atoms with Crippen LogP contribution in [-0.4, -0.2) is 28.5 Å². The van der Waals surface area contributed by atoms with Crippen molar-refractivity contribution in [3.05, 3.63) is 17.7 Å². The zero-order valence-electron chi connectivity index (χ0n) is 9.66. The molecule has 2 atom stereocenters. The highest BCUT2D eigenvalue weighted by Gasteiger charge is 2.25. The Morgan fingerprint density at radius 3 is 3.41 bits per heavy atom. The second kappa shape index (κ2) is 4.97. The van der Waals surface area contributed by atoms with Gasteiger partial charge in [0.05, 0.1) is 35.7 Å². The van der Waals surface area contributed by atoms with Crippen molar-refractivity contribution >= 4 is 5.91 Å². The number of rotatable bonds is 3. The lowest BCUT2D eigenvalue weighted by atomic mass is 10.0. The smallest absolute Gasteiger partial charge is 0.237 e. The molecule has 6 heteroatoms. The summed E-state index contributed by atoms with van der Waals surface area (Å²) in [6.07, 6.45) is 2.23. The molecule has 90 valence electrons. The zero-order valence-corrected chi connectivity index (χ0v) is 9.66. The Balaban J connectivity index is 1.88. The van der Waals surface area contributed by atoms with Crippen LogP contribution in [0.15, 0.2) is 6.33 Å². The molecule has 17 heavy (non-hydrogen) atoms. The topological polar surface area (TPSA) is 93.6 Å². The molecule has 3 N–H and O–H groups in total. The summed E-state index contributed by atoms with van der Waals surface area (Å²) in [6, 6.07) is 1.83. The van der Waals surface area contributed by atoms with Crippen molar-refractivity contribution in [2.24, 2.45) is 5.92 Å². The van der Waals surface area contributed by atoms with Gasteiger partial charge in [-0.05, 0) is 6.92 Å². The molecule has 0 fully saturated rings. The zero-order chi connectivity index (χ0) is 12.3. The summed E-state index contributed by atoms with van der Waals surface area (Å²) < 4.78 is 0. The van der Waals surface area contributed by atoms with E-state index < -0.39 is 0 Å². The number of fused-ring (bicyclic) bond motifs is 1. The van der Waals surface area contributed by atoms with Gasteiger partial charge in [0.2, 0.25) is 5.91 Å². The third-order valence-corrected chi connectivity index (χ3v) is 2.85. The van der Waals surface area contributed by atoms with Gasteiger partial charge >= 0.3 is 0 Å². The summed E-state index contributed by atoms with van der Waals surface area (Å²) in [7, 11) is 0. The van der Waals surface area contributed by atoms with Crippen molar-refractivity contribution < 1.29 is 4.79 Å². The van der Waals surface area contributed by atoms with Gasteiger partial charge < -0.3 is 10.3 Å². The van der Waals surface area contributed by atoms with Crippen LogP contribution >= 0.6 is 0 Å². The predicted molar refractivity (Wildman–Crippen MR) is 60.7 cm³/mol. The number of hydrogen-bond donors (Lipinski definition) is 3. The van der Waals surface area contributed by atoms with Crippen LogP contribution in [-0.2, 0) is 17.8 Å². The molecule has 0 bridgehead atoms. The summed E-state index contributed by atoms with van der Waals surface area (Å²) in [6.45, 7) is 2.79. The van der Waals surface area contributed by atoms with Gasteiger partial charge in [0.1, 0.15) is 0 Å². The molecule has 6 nitrogen and oxygen atoms in total. The maximum Gasteiger partial charge on any atom is 0.237 e. The fourth-order valence-electron chi connectivity index (χ4n) is 1.78. The predicted octanol–water partition coefficient (Wildman–Crippen LogP) is -0.300. The van der Waals surface area contributed by atoms with Crippen molar-refractivity contribution in [3.63, 3.8) is 0 Å². The van der Waals surface area contributed by atoms with Crippen LogP contribution in [0.4, 0.5) is 0 Å². The molecule has 1 aliphatic heterocycles. The number of nitrogens with zero attached hydrogens (tertiary/aromatic N) is 2. The molecular formula is C11H15N5O. The summed E-state index contributed by atoms with van der Waals surface area (Å²) in [4.78, 5) is 19.0. The Kier molecular flexibility index (Phi) is 3.40. The minimum atomic E-state index is -0.253. The van der Waals surface area contributed by atoms with Crippen molar-refractivity contribution in [3.8, 4) is 6.07 Å². The van der Waals surface area contributed by atoms with Crippen LogP contribution in [0.2, 0.25) is 0 Å². The lowest BCUT2D eigenvalue weighted by Gasteiger charge is -2.22. The molecule has 0 saturated heterocycles. The molecule has 1 aromatic heterocycles. The van der Waals surface area contributed by atoms with E-state index in [1.165, 1.54) is 0 Å². The van der Waals surface area contributed by atoms with Crippen LogP contribution in [0.25, 0.3) is 0 Å². The monoisotopic (exact) mass is 233 g/mol. The first-order valence-corrected chi connectivity index (χ1v) is 5.62. The van der Waals surface area contributed by atoms with Gasteiger partial charge in [-0.15, -0.1) is 0 Å². The Labute approximate surface area is 99.4 Å². The SMILES string of the molecule is CC(C#N)CNC(=O)C1Cc2nc[nH]c2CN1. The average Bonchev–Trinajstić information content (AvgIpc) is 2.82. The van der Waals surface area contributed by atoms with Crippen molar-refractivity contribution in [1.82, 2.24) is 20.6 Å². The van der Waals surface area contributed by atoms with Gasteiger partial charge in [-0.2, -0.15) is 5.26 Å². The number of amides is 1. The van der Waals surface area contributed by atoms with Crippen molar-refractivity contribution in [2.75, 3.05) is 6.54 Å². The number of aromatic amines is 1. The number of nitriles is 1. The van der Waals surface area contributed by atoms with Gasteiger partial charge in [0.25, 0.3) is 0 Å². The van der Waals surface area contributed by atoms with E-state index in [1.54, 1.807) is 13.3 Å². The summed E-state index contributed by atoms with van der Waals surface area (Å²) in [5.74, 6) is -0.232. The number of H-pyrrole nitrogens is 1. The standard InChI is InChI=1S/C11H15N5O/c1-7(3-12)4-14-11(17)9-2-8-10(5-13-9)16-6-15-8/h6-7,9,13H,2,4-5H2,1H3,(H,14,17)(H,15,16). The Hall–Kier alpha value is -1.87. The van der Waals surface area contributed by atoms with Crippen molar-refractivity contribution in [2.45, 2.75) is 25.9 Å². The van der Waals surface area contributed by atoms with E-state index in [4.69, 9.17) is 5.26 Å². The number of carbonyl (C=O) groups excluding carboxylic acids is 1. The Bertz CT molecular complexity index is 447. The molecule has 0 radical (unpaired) electrons. The molecular weight excluding hydrogens is 218 g/mol. The first-order valence-electron chi connectivity index (χ1n) is 5.62. The molecule has 1 amide bonds. The van der Waals surface area contributed by atoms with Crippen LogP contribution in [0, 0.1) is 17.2 Å². The summed E-state index contributed by atoms with van der Waals surface area (Å²) >= 11 is 0. The number of imidazole rings is 1. The van der Waals surface area contributed by atoms with Gasteiger partial charge in [0.15, 0.2) is 0 Å². The van der Waals surface area contributed by atoms with Crippen LogP contribution in [0.3, 0.4) is 0 Å². The molecule has 0 aliphatic carbocycles. The normalized spacial score (nSPS) is 20.1. The van der Waals surface area contributed by atoms with E-state index in [1.807, 2.05) is 0 Å². The van der Waals surface area contributed by atoms with E-state index in [9.17, 15) is 4.79 Å². The highest BCUT2D eigenvalue weighted by Crippen LogP contribution is 2.12. The van der Waals surface area contributed by atoms with Gasteiger partial charge in [-0.25, -0.2) is 4.98 Å². The molecule has 2 rings (SSSR count). The Morgan fingerprint density at radius 1 is 1.82 bits per heavy atom. The molecule has 0 aromatic carbocycles. The molecule has 2 heterocycles. The molecule has 2 unspecified atom stereocenters. The first-order chi connectivity index (χ1) is 8.20. The van der Waals surface area contributed by atoms with Crippen LogP contribution < -0.4 is 10.6 Å². The minimum absolute atomic E-state index is 0.0687. The Morgan fingerprint density at radius 2 is 2.65 bits per heavy atom. The van der Waals surface area contributed by atoms with E-state index in [2.05, 4.69) is 26.7 Å².